The van der Waals surface area contributed by atoms with E-state index in [0.717, 1.165) is 61.7 Å². The van der Waals surface area contributed by atoms with Crippen molar-refractivity contribution in [3.8, 4) is 68.3 Å². The summed E-state index contributed by atoms with van der Waals surface area (Å²) in [6.07, 6.45) is 1.97. The first-order chi connectivity index (χ1) is 29.7. The van der Waals surface area contributed by atoms with Crippen LogP contribution in [0.1, 0.15) is 50.1 Å². The van der Waals surface area contributed by atoms with Crippen LogP contribution < -0.4 is 4.90 Å². The van der Waals surface area contributed by atoms with E-state index < -0.39 is 5.41 Å². The SMILES string of the molecule is CC1(C)c2cc(-c3nc(-c4ccccc4)nc(-c4ccccc4)n3)ccc2N2c3ccc(-c4nc(-c5ccccc5)nc(-c5ccccc5)n4)cc3C(C)(C)c3nccc1c32. The molecule has 2 aliphatic rings. The lowest BCUT2D eigenvalue weighted by Crippen LogP contribution is -2.38. The van der Waals surface area contributed by atoms with Crippen LogP contribution in [0.2, 0.25) is 0 Å². The molecule has 3 aromatic heterocycles. The van der Waals surface area contributed by atoms with E-state index in [2.05, 4.69) is 75.1 Å². The number of benzene rings is 6. The minimum absolute atomic E-state index is 0.369. The van der Waals surface area contributed by atoms with E-state index in [0.29, 0.717) is 34.9 Å². The van der Waals surface area contributed by atoms with Gasteiger partial charge in [-0.1, -0.05) is 135 Å². The Kier molecular flexibility index (Phi) is 8.32. The van der Waals surface area contributed by atoms with E-state index in [1.54, 1.807) is 0 Å². The zero-order valence-corrected chi connectivity index (χ0v) is 34.2. The molecule has 0 saturated heterocycles. The van der Waals surface area contributed by atoms with Crippen LogP contribution in [0.5, 0.6) is 0 Å². The third kappa shape index (κ3) is 6.01. The van der Waals surface area contributed by atoms with E-state index in [1.807, 2.05) is 128 Å². The average Bonchev–Trinajstić information content (AvgIpc) is 3.32. The van der Waals surface area contributed by atoms with E-state index in [4.69, 9.17) is 34.9 Å². The predicted molar refractivity (Wildman–Crippen MR) is 243 cm³/mol. The van der Waals surface area contributed by atoms with Gasteiger partial charge in [0.05, 0.1) is 22.8 Å². The summed E-state index contributed by atoms with van der Waals surface area (Å²) in [5.41, 5.74) is 12.6. The summed E-state index contributed by atoms with van der Waals surface area (Å²) in [4.78, 5) is 37.8. The molecule has 11 rings (SSSR count). The highest BCUT2D eigenvalue weighted by Crippen LogP contribution is 2.60. The molecule has 0 bridgehead atoms. The quantitative estimate of drug-likeness (QED) is 0.164. The molecule has 0 fully saturated rings. The Balaban J connectivity index is 1.08. The van der Waals surface area contributed by atoms with E-state index in [1.165, 1.54) is 11.1 Å². The molecule has 0 amide bonds. The van der Waals surface area contributed by atoms with Gasteiger partial charge in [-0.2, -0.15) is 0 Å². The van der Waals surface area contributed by atoms with Crippen molar-refractivity contribution in [3.63, 3.8) is 0 Å². The van der Waals surface area contributed by atoms with Crippen molar-refractivity contribution in [2.24, 2.45) is 0 Å². The molecule has 6 aromatic carbocycles. The molecular formula is C53H40N8. The first-order valence-electron chi connectivity index (χ1n) is 20.6. The van der Waals surface area contributed by atoms with Crippen molar-refractivity contribution < 1.29 is 0 Å². The van der Waals surface area contributed by atoms with Crippen LogP contribution in [-0.2, 0) is 10.8 Å². The van der Waals surface area contributed by atoms with Gasteiger partial charge in [0.1, 0.15) is 0 Å². The summed E-state index contributed by atoms with van der Waals surface area (Å²) in [5, 5.41) is 0. The third-order valence-electron chi connectivity index (χ3n) is 12.1. The topological polar surface area (TPSA) is 93.5 Å². The number of rotatable bonds is 6. The molecule has 0 aliphatic carbocycles. The van der Waals surface area contributed by atoms with Gasteiger partial charge in [-0.3, -0.25) is 4.98 Å². The molecular weight excluding hydrogens is 749 g/mol. The van der Waals surface area contributed by atoms with Gasteiger partial charge in [0, 0.05) is 50.4 Å². The van der Waals surface area contributed by atoms with Gasteiger partial charge in [0.2, 0.25) is 0 Å². The largest absolute Gasteiger partial charge is 0.308 e. The second-order valence-electron chi connectivity index (χ2n) is 16.7. The second-order valence-corrected chi connectivity index (χ2v) is 16.7. The maximum Gasteiger partial charge on any atom is 0.164 e. The lowest BCUT2D eigenvalue weighted by Gasteiger charge is -2.48. The van der Waals surface area contributed by atoms with Crippen LogP contribution in [0.3, 0.4) is 0 Å². The number of anilines is 3. The van der Waals surface area contributed by atoms with Crippen molar-refractivity contribution in [1.82, 2.24) is 34.9 Å². The molecule has 0 radical (unpaired) electrons. The number of hydrogen-bond acceptors (Lipinski definition) is 8. The molecule has 0 saturated carbocycles. The summed E-state index contributed by atoms with van der Waals surface area (Å²) in [7, 11) is 0. The molecule has 2 aliphatic heterocycles. The zero-order valence-electron chi connectivity index (χ0n) is 34.2. The van der Waals surface area contributed by atoms with Gasteiger partial charge >= 0.3 is 0 Å². The van der Waals surface area contributed by atoms with Gasteiger partial charge in [-0.15, -0.1) is 0 Å². The lowest BCUT2D eigenvalue weighted by molar-refractivity contribution is 0.580. The third-order valence-corrected chi connectivity index (χ3v) is 12.1. The maximum absolute atomic E-state index is 5.14. The Morgan fingerprint density at radius 2 is 0.689 bits per heavy atom. The van der Waals surface area contributed by atoms with Gasteiger partial charge in [-0.05, 0) is 73.0 Å². The molecule has 9 aromatic rings. The maximum atomic E-state index is 5.14. The van der Waals surface area contributed by atoms with E-state index >= 15 is 0 Å². The molecule has 5 heterocycles. The van der Waals surface area contributed by atoms with Gasteiger partial charge in [0.15, 0.2) is 34.9 Å². The monoisotopic (exact) mass is 788 g/mol. The summed E-state index contributed by atoms with van der Waals surface area (Å²) in [6.45, 7) is 9.16. The molecule has 8 heteroatoms. The van der Waals surface area contributed by atoms with Gasteiger partial charge < -0.3 is 4.90 Å². The Morgan fingerprint density at radius 1 is 0.344 bits per heavy atom. The minimum Gasteiger partial charge on any atom is -0.308 e. The molecule has 0 unspecified atom stereocenters. The van der Waals surface area contributed by atoms with Crippen LogP contribution in [0.15, 0.2) is 170 Å². The van der Waals surface area contributed by atoms with Crippen molar-refractivity contribution >= 4 is 17.1 Å². The number of hydrogen-bond donors (Lipinski definition) is 0. The summed E-state index contributed by atoms with van der Waals surface area (Å²) >= 11 is 0. The highest BCUT2D eigenvalue weighted by Gasteiger charge is 2.46. The summed E-state index contributed by atoms with van der Waals surface area (Å²) in [6, 6.07) is 55.8. The van der Waals surface area contributed by atoms with Crippen molar-refractivity contribution in [2.75, 3.05) is 4.90 Å². The average molecular weight is 789 g/mol. The summed E-state index contributed by atoms with van der Waals surface area (Å²) in [5.74, 6) is 3.77. The highest BCUT2D eigenvalue weighted by atomic mass is 15.2. The lowest BCUT2D eigenvalue weighted by atomic mass is 9.68. The highest BCUT2D eigenvalue weighted by molar-refractivity contribution is 5.93. The van der Waals surface area contributed by atoms with E-state index in [-0.39, 0.29) is 5.41 Å². The van der Waals surface area contributed by atoms with Crippen LogP contribution >= 0.6 is 0 Å². The smallest absolute Gasteiger partial charge is 0.164 e. The van der Waals surface area contributed by atoms with Crippen LogP contribution in [0.4, 0.5) is 17.1 Å². The Labute approximate surface area is 354 Å². The number of pyridine rings is 1. The predicted octanol–water partition coefficient (Wildman–Crippen LogP) is 12.2. The van der Waals surface area contributed by atoms with Crippen molar-refractivity contribution in [2.45, 2.75) is 38.5 Å². The normalized spacial score (nSPS) is 14.1. The molecule has 8 nitrogen and oxygen atoms in total. The molecule has 61 heavy (non-hydrogen) atoms. The fraction of sp³-hybridized carbons (Fsp3) is 0.113. The molecule has 0 spiro atoms. The standard InChI is InChI=1S/C53H40N8/c1-52(2)39-29-30-54-45-44(39)61(42-27-25-37(31-40(42)52)50-57-46(33-17-9-5-10-18-33)55-47(58-50)34-19-11-6-12-20-34)43-28-26-38(32-41(43)53(45,3)4)51-59-48(35-21-13-7-14-22-35)56-49(60-51)36-23-15-8-16-24-36/h5-32H,1-4H3. The van der Waals surface area contributed by atoms with Crippen LogP contribution in [0.25, 0.3) is 68.3 Å². The fourth-order valence-corrected chi connectivity index (χ4v) is 8.90. The van der Waals surface area contributed by atoms with E-state index in [9.17, 15) is 0 Å². The van der Waals surface area contributed by atoms with Crippen molar-refractivity contribution in [3.05, 3.63) is 192 Å². The Morgan fingerprint density at radius 3 is 1.07 bits per heavy atom. The number of nitrogens with zero attached hydrogens (tertiary/aromatic N) is 8. The first kappa shape index (κ1) is 36.4. The number of aromatic nitrogens is 7. The fourth-order valence-electron chi connectivity index (χ4n) is 8.90. The molecule has 292 valence electrons. The van der Waals surface area contributed by atoms with Gasteiger partial charge in [0.25, 0.3) is 0 Å². The number of fused-ring (bicyclic) bond motifs is 4. The van der Waals surface area contributed by atoms with Crippen LogP contribution in [-0.4, -0.2) is 34.9 Å². The Bertz CT molecular complexity index is 2810. The second kappa shape index (κ2) is 14.0. The van der Waals surface area contributed by atoms with Crippen LogP contribution in [0, 0.1) is 0 Å². The van der Waals surface area contributed by atoms with Crippen molar-refractivity contribution in [1.29, 1.82) is 0 Å². The minimum atomic E-state index is -0.440. The zero-order chi connectivity index (χ0) is 41.3. The first-order valence-corrected chi connectivity index (χ1v) is 20.6. The summed E-state index contributed by atoms with van der Waals surface area (Å²) < 4.78 is 0. The molecule has 0 N–H and O–H groups in total. The van der Waals surface area contributed by atoms with Gasteiger partial charge in [-0.25, -0.2) is 29.9 Å². The molecule has 0 atom stereocenters. The Hall–Kier alpha value is -7.71.